The molecule has 0 amide bonds. The zero-order chi connectivity index (χ0) is 14.2. The average molecular weight is 299 g/mol. The van der Waals surface area contributed by atoms with E-state index in [1.807, 2.05) is 35.0 Å². The summed E-state index contributed by atoms with van der Waals surface area (Å²) in [5.74, 6) is 0. The standard InChI is InChI=1S/C16H15ClN4/c17-14-5-3-4-12-10-20(9-8-13(12)14)11-21-16-7-2-1-6-15(16)18-19-21/h1-7H,8-11H2. The Morgan fingerprint density at radius 1 is 1.10 bits per heavy atom. The summed E-state index contributed by atoms with van der Waals surface area (Å²) in [5, 5.41) is 9.36. The molecule has 0 unspecified atom stereocenters. The highest BCUT2D eigenvalue weighted by Crippen LogP contribution is 2.26. The van der Waals surface area contributed by atoms with E-state index in [0.29, 0.717) is 0 Å². The molecule has 3 aromatic rings. The Hall–Kier alpha value is -1.91. The van der Waals surface area contributed by atoms with Crippen LogP contribution >= 0.6 is 11.6 Å². The van der Waals surface area contributed by atoms with Crippen molar-refractivity contribution in [3.63, 3.8) is 0 Å². The van der Waals surface area contributed by atoms with Crippen LogP contribution in [-0.2, 0) is 19.6 Å². The molecular formula is C16H15ClN4. The van der Waals surface area contributed by atoms with Crippen LogP contribution < -0.4 is 0 Å². The van der Waals surface area contributed by atoms with Crippen LogP contribution in [0.1, 0.15) is 11.1 Å². The monoisotopic (exact) mass is 298 g/mol. The van der Waals surface area contributed by atoms with Gasteiger partial charge in [-0.2, -0.15) is 0 Å². The van der Waals surface area contributed by atoms with Crippen molar-refractivity contribution < 1.29 is 0 Å². The Bertz CT molecular complexity index is 796. The lowest BCUT2D eigenvalue weighted by Crippen LogP contribution is -2.32. The first-order valence-electron chi connectivity index (χ1n) is 7.08. The van der Waals surface area contributed by atoms with Gasteiger partial charge in [0, 0.05) is 18.1 Å². The highest BCUT2D eigenvalue weighted by molar-refractivity contribution is 6.31. The largest absolute Gasteiger partial charge is 0.280 e. The Kier molecular flexibility index (Phi) is 3.13. The summed E-state index contributed by atoms with van der Waals surface area (Å²) in [6, 6.07) is 14.2. The van der Waals surface area contributed by atoms with Gasteiger partial charge in [-0.1, -0.05) is 41.1 Å². The lowest BCUT2D eigenvalue weighted by Gasteiger charge is -2.29. The SMILES string of the molecule is Clc1cccc2c1CCN(Cn1nnc3ccccc31)C2. The first-order valence-corrected chi connectivity index (χ1v) is 7.46. The summed E-state index contributed by atoms with van der Waals surface area (Å²) in [6.45, 7) is 2.65. The van der Waals surface area contributed by atoms with Crippen LogP contribution in [0.25, 0.3) is 11.0 Å². The Morgan fingerprint density at radius 3 is 2.95 bits per heavy atom. The third-order valence-electron chi connectivity index (χ3n) is 4.04. The summed E-state index contributed by atoms with van der Waals surface area (Å²) in [6.07, 6.45) is 0.988. The maximum absolute atomic E-state index is 6.26. The van der Waals surface area contributed by atoms with Crippen molar-refractivity contribution in [3.8, 4) is 0 Å². The second-order valence-electron chi connectivity index (χ2n) is 5.40. The van der Waals surface area contributed by atoms with Gasteiger partial charge in [0.25, 0.3) is 0 Å². The van der Waals surface area contributed by atoms with E-state index in [4.69, 9.17) is 11.6 Å². The molecule has 0 aliphatic carbocycles. The second-order valence-corrected chi connectivity index (χ2v) is 5.81. The summed E-state index contributed by atoms with van der Waals surface area (Å²) < 4.78 is 1.96. The molecule has 106 valence electrons. The van der Waals surface area contributed by atoms with Gasteiger partial charge in [-0.05, 0) is 35.7 Å². The zero-order valence-corrected chi connectivity index (χ0v) is 12.3. The van der Waals surface area contributed by atoms with E-state index in [1.165, 1.54) is 11.1 Å². The van der Waals surface area contributed by atoms with Crippen LogP contribution in [0.4, 0.5) is 0 Å². The molecule has 0 N–H and O–H groups in total. The predicted octanol–water partition coefficient (Wildman–Crippen LogP) is 3.10. The Balaban J connectivity index is 1.59. The molecule has 0 spiro atoms. The van der Waals surface area contributed by atoms with E-state index in [2.05, 4.69) is 27.3 Å². The van der Waals surface area contributed by atoms with Crippen LogP contribution in [0.3, 0.4) is 0 Å². The number of para-hydroxylation sites is 1. The predicted molar refractivity (Wildman–Crippen MR) is 83.1 cm³/mol. The highest BCUT2D eigenvalue weighted by atomic mass is 35.5. The molecule has 1 aromatic heterocycles. The van der Waals surface area contributed by atoms with Gasteiger partial charge < -0.3 is 0 Å². The Morgan fingerprint density at radius 2 is 2.00 bits per heavy atom. The third-order valence-corrected chi connectivity index (χ3v) is 4.40. The van der Waals surface area contributed by atoms with E-state index in [0.717, 1.165) is 42.2 Å². The molecule has 4 rings (SSSR count). The molecule has 2 aromatic carbocycles. The van der Waals surface area contributed by atoms with Crippen molar-refractivity contribution in [3.05, 3.63) is 58.6 Å². The number of hydrogen-bond donors (Lipinski definition) is 0. The fourth-order valence-corrected chi connectivity index (χ4v) is 3.24. The summed E-state index contributed by atoms with van der Waals surface area (Å²) >= 11 is 6.26. The van der Waals surface area contributed by atoms with Crippen molar-refractivity contribution in [2.24, 2.45) is 0 Å². The molecule has 2 heterocycles. The summed E-state index contributed by atoms with van der Waals surface area (Å²) in [7, 11) is 0. The van der Waals surface area contributed by atoms with E-state index in [1.54, 1.807) is 0 Å². The number of halogens is 1. The van der Waals surface area contributed by atoms with Gasteiger partial charge in [-0.3, -0.25) is 4.90 Å². The topological polar surface area (TPSA) is 34.0 Å². The van der Waals surface area contributed by atoms with Crippen molar-refractivity contribution in [2.45, 2.75) is 19.6 Å². The van der Waals surface area contributed by atoms with Crippen molar-refractivity contribution in [2.75, 3.05) is 6.54 Å². The molecule has 21 heavy (non-hydrogen) atoms. The fraction of sp³-hybridized carbons (Fsp3) is 0.250. The maximum atomic E-state index is 6.26. The highest BCUT2D eigenvalue weighted by Gasteiger charge is 2.19. The number of aromatic nitrogens is 3. The molecular weight excluding hydrogens is 284 g/mol. The number of fused-ring (bicyclic) bond motifs is 2. The van der Waals surface area contributed by atoms with E-state index < -0.39 is 0 Å². The minimum Gasteiger partial charge on any atom is -0.280 e. The lowest BCUT2D eigenvalue weighted by atomic mass is 10.0. The van der Waals surface area contributed by atoms with Gasteiger partial charge in [0.15, 0.2) is 0 Å². The molecule has 4 nitrogen and oxygen atoms in total. The fourth-order valence-electron chi connectivity index (χ4n) is 2.95. The molecule has 1 aliphatic rings. The number of hydrogen-bond acceptors (Lipinski definition) is 3. The average Bonchev–Trinajstić information content (AvgIpc) is 2.91. The summed E-state index contributed by atoms with van der Waals surface area (Å²) in [4.78, 5) is 2.37. The van der Waals surface area contributed by atoms with E-state index in [9.17, 15) is 0 Å². The first-order chi connectivity index (χ1) is 10.3. The van der Waals surface area contributed by atoms with Crippen molar-refractivity contribution >= 4 is 22.6 Å². The molecule has 0 atom stereocenters. The third kappa shape index (κ3) is 2.30. The minimum absolute atomic E-state index is 0.756. The van der Waals surface area contributed by atoms with Crippen LogP contribution in [0.5, 0.6) is 0 Å². The van der Waals surface area contributed by atoms with Gasteiger partial charge in [0.2, 0.25) is 0 Å². The number of rotatable bonds is 2. The molecule has 0 radical (unpaired) electrons. The van der Waals surface area contributed by atoms with Gasteiger partial charge >= 0.3 is 0 Å². The quantitative estimate of drug-likeness (QED) is 0.729. The molecule has 0 saturated heterocycles. The number of benzene rings is 2. The smallest absolute Gasteiger partial charge is 0.113 e. The van der Waals surface area contributed by atoms with E-state index in [-0.39, 0.29) is 0 Å². The maximum Gasteiger partial charge on any atom is 0.113 e. The van der Waals surface area contributed by atoms with Crippen LogP contribution in [-0.4, -0.2) is 26.4 Å². The van der Waals surface area contributed by atoms with Gasteiger partial charge in [0.05, 0.1) is 12.2 Å². The van der Waals surface area contributed by atoms with Gasteiger partial charge in [0.1, 0.15) is 5.52 Å². The Labute approximate surface area is 127 Å². The van der Waals surface area contributed by atoms with E-state index >= 15 is 0 Å². The first kappa shape index (κ1) is 12.8. The van der Waals surface area contributed by atoms with Crippen LogP contribution in [0, 0.1) is 0 Å². The van der Waals surface area contributed by atoms with Crippen molar-refractivity contribution in [1.82, 2.24) is 19.9 Å². The van der Waals surface area contributed by atoms with Gasteiger partial charge in [-0.25, -0.2) is 4.68 Å². The normalized spacial score (nSPS) is 15.3. The van der Waals surface area contributed by atoms with Gasteiger partial charge in [-0.15, -0.1) is 5.10 Å². The van der Waals surface area contributed by atoms with Crippen LogP contribution in [0.2, 0.25) is 5.02 Å². The zero-order valence-electron chi connectivity index (χ0n) is 11.5. The molecule has 5 heteroatoms. The van der Waals surface area contributed by atoms with Crippen molar-refractivity contribution in [1.29, 1.82) is 0 Å². The molecule has 0 bridgehead atoms. The minimum atomic E-state index is 0.756. The number of nitrogens with zero attached hydrogens (tertiary/aromatic N) is 4. The molecule has 1 aliphatic heterocycles. The second kappa shape index (κ2) is 5.13. The van der Waals surface area contributed by atoms with Crippen LogP contribution in [0.15, 0.2) is 42.5 Å². The molecule has 0 fully saturated rings. The lowest BCUT2D eigenvalue weighted by molar-refractivity contribution is 0.191. The summed E-state index contributed by atoms with van der Waals surface area (Å²) in [5.41, 5.74) is 4.63. The molecule has 0 saturated carbocycles.